The number of rotatable bonds is 5. The Morgan fingerprint density at radius 2 is 1.97 bits per heavy atom. The Labute approximate surface area is 171 Å². The van der Waals surface area contributed by atoms with Crippen LogP contribution in [-0.4, -0.2) is 56.9 Å². The van der Waals surface area contributed by atoms with Crippen LogP contribution in [0.25, 0.3) is 0 Å². The summed E-state index contributed by atoms with van der Waals surface area (Å²) in [7, 11) is -3.04. The van der Waals surface area contributed by atoms with Gasteiger partial charge in [0.2, 0.25) is 5.91 Å². The van der Waals surface area contributed by atoms with Crippen molar-refractivity contribution in [1.29, 1.82) is 0 Å². The molecule has 29 heavy (non-hydrogen) atoms. The summed E-state index contributed by atoms with van der Waals surface area (Å²) in [5.74, 6) is 0.106. The van der Waals surface area contributed by atoms with Gasteiger partial charge in [0.1, 0.15) is 6.10 Å². The van der Waals surface area contributed by atoms with Crippen molar-refractivity contribution in [2.24, 2.45) is 10.6 Å². The quantitative estimate of drug-likeness (QED) is 0.786. The fourth-order valence-electron chi connectivity index (χ4n) is 4.42. The van der Waals surface area contributed by atoms with E-state index in [1.54, 1.807) is 0 Å². The first-order chi connectivity index (χ1) is 13.9. The zero-order valence-corrected chi connectivity index (χ0v) is 17.5. The van der Waals surface area contributed by atoms with Crippen molar-refractivity contribution < 1.29 is 22.8 Å². The maximum atomic E-state index is 13.2. The van der Waals surface area contributed by atoms with E-state index >= 15 is 0 Å². The number of carbonyl (C=O) groups excluding carboxylic acids is 1. The number of aryl methyl sites for hydroxylation is 1. The molecular weight excluding hydrogens is 392 g/mol. The maximum Gasteiger partial charge on any atom is 0.226 e. The summed E-state index contributed by atoms with van der Waals surface area (Å²) in [6.07, 6.45) is 2.76. The van der Waals surface area contributed by atoms with Crippen LogP contribution >= 0.6 is 0 Å². The van der Waals surface area contributed by atoms with Crippen molar-refractivity contribution in [3.05, 3.63) is 35.4 Å². The highest BCUT2D eigenvalue weighted by molar-refractivity contribution is 7.91. The van der Waals surface area contributed by atoms with Crippen LogP contribution < -0.4 is 5.32 Å². The molecule has 3 heterocycles. The third kappa shape index (κ3) is 4.64. The summed E-state index contributed by atoms with van der Waals surface area (Å²) in [5, 5.41) is 7.27. The van der Waals surface area contributed by atoms with Gasteiger partial charge in [0.05, 0.1) is 22.6 Å². The van der Waals surface area contributed by atoms with Crippen LogP contribution in [0.2, 0.25) is 0 Å². The fraction of sp³-hybridized carbons (Fsp3) is 0.619. The third-order valence-electron chi connectivity index (χ3n) is 6.24. The molecule has 8 heteroatoms. The number of nitrogens with zero attached hydrogens (tertiary/aromatic N) is 1. The van der Waals surface area contributed by atoms with Crippen LogP contribution in [0.15, 0.2) is 29.4 Å². The van der Waals surface area contributed by atoms with Crippen LogP contribution in [0.5, 0.6) is 0 Å². The predicted octanol–water partition coefficient (Wildman–Crippen LogP) is 1.98. The van der Waals surface area contributed by atoms with Gasteiger partial charge in [-0.15, -0.1) is 0 Å². The standard InChI is InChI=1S/C21H28N2O5S/c1-15-2-4-16(5-3-15)19-12-18(28-23-19)13-21(7-9-27-10-8-21)20(24)22-17-6-11-29(25,26)14-17/h2-5,17-18H,6-14H2,1H3,(H,22,24)/t17-,18-/m0/s1. The summed E-state index contributed by atoms with van der Waals surface area (Å²) < 4.78 is 29.0. The number of sulfone groups is 1. The summed E-state index contributed by atoms with van der Waals surface area (Å²) in [6, 6.07) is 7.88. The van der Waals surface area contributed by atoms with E-state index in [-0.39, 0.29) is 29.6 Å². The Balaban J connectivity index is 1.42. The lowest BCUT2D eigenvalue weighted by atomic mass is 9.74. The van der Waals surface area contributed by atoms with Gasteiger partial charge in [-0.3, -0.25) is 4.79 Å². The van der Waals surface area contributed by atoms with Crippen LogP contribution in [0.1, 0.15) is 43.2 Å². The van der Waals surface area contributed by atoms with Crippen molar-refractivity contribution in [2.45, 2.75) is 51.2 Å². The maximum absolute atomic E-state index is 13.2. The Morgan fingerprint density at radius 1 is 1.24 bits per heavy atom. The van der Waals surface area contributed by atoms with Crippen LogP contribution in [0.4, 0.5) is 0 Å². The molecule has 2 fully saturated rings. The smallest absolute Gasteiger partial charge is 0.226 e. The van der Waals surface area contributed by atoms with E-state index in [2.05, 4.69) is 10.5 Å². The molecule has 0 unspecified atom stereocenters. The number of nitrogens with one attached hydrogen (secondary N) is 1. The molecule has 0 saturated carbocycles. The molecule has 0 aliphatic carbocycles. The van der Waals surface area contributed by atoms with Gasteiger partial charge >= 0.3 is 0 Å². The molecule has 158 valence electrons. The molecule has 1 amide bonds. The first-order valence-electron chi connectivity index (χ1n) is 10.2. The van der Waals surface area contributed by atoms with E-state index in [1.165, 1.54) is 5.56 Å². The lowest BCUT2D eigenvalue weighted by molar-refractivity contribution is -0.140. The number of hydrogen-bond donors (Lipinski definition) is 1. The number of hydrogen-bond acceptors (Lipinski definition) is 6. The minimum absolute atomic E-state index is 0.0337. The van der Waals surface area contributed by atoms with Gasteiger partial charge in [0.25, 0.3) is 0 Å². The molecule has 3 aliphatic rings. The van der Waals surface area contributed by atoms with E-state index in [0.717, 1.165) is 11.3 Å². The van der Waals surface area contributed by atoms with Gasteiger partial charge < -0.3 is 14.9 Å². The molecule has 3 aliphatic heterocycles. The van der Waals surface area contributed by atoms with Crippen LogP contribution in [0, 0.1) is 12.3 Å². The molecule has 0 aromatic heterocycles. The molecule has 7 nitrogen and oxygen atoms in total. The average Bonchev–Trinajstić information content (AvgIpc) is 3.29. The van der Waals surface area contributed by atoms with Crippen molar-refractivity contribution in [1.82, 2.24) is 5.32 Å². The van der Waals surface area contributed by atoms with Gasteiger partial charge in [0.15, 0.2) is 9.84 Å². The Kier molecular flexibility index (Phi) is 5.66. The monoisotopic (exact) mass is 420 g/mol. The number of ether oxygens (including phenoxy) is 1. The largest absolute Gasteiger partial charge is 0.392 e. The molecule has 4 rings (SSSR count). The van der Waals surface area contributed by atoms with Crippen LogP contribution in [-0.2, 0) is 24.2 Å². The molecule has 1 aromatic rings. The summed E-state index contributed by atoms with van der Waals surface area (Å²) in [6.45, 7) is 3.09. The topological polar surface area (TPSA) is 94.1 Å². The molecule has 0 bridgehead atoms. The van der Waals surface area contributed by atoms with Gasteiger partial charge in [-0.1, -0.05) is 35.0 Å². The summed E-state index contributed by atoms with van der Waals surface area (Å²) in [5.41, 5.74) is 2.53. The highest BCUT2D eigenvalue weighted by Crippen LogP contribution is 2.39. The van der Waals surface area contributed by atoms with Crippen LogP contribution in [0.3, 0.4) is 0 Å². The van der Waals surface area contributed by atoms with Crippen molar-refractivity contribution in [3.8, 4) is 0 Å². The minimum Gasteiger partial charge on any atom is -0.392 e. The van der Waals surface area contributed by atoms with Crippen molar-refractivity contribution in [3.63, 3.8) is 0 Å². The molecular formula is C21H28N2O5S. The average molecular weight is 421 g/mol. The molecule has 2 saturated heterocycles. The second kappa shape index (κ2) is 8.07. The normalized spacial score (nSPS) is 27.8. The first-order valence-corrected chi connectivity index (χ1v) is 12.1. The van der Waals surface area contributed by atoms with Crippen molar-refractivity contribution >= 4 is 21.5 Å². The zero-order valence-electron chi connectivity index (χ0n) is 16.7. The predicted molar refractivity (Wildman–Crippen MR) is 110 cm³/mol. The second-order valence-electron chi connectivity index (χ2n) is 8.51. The van der Waals surface area contributed by atoms with Gasteiger partial charge in [-0.2, -0.15) is 0 Å². The number of benzene rings is 1. The molecule has 1 N–H and O–H groups in total. The number of carbonyl (C=O) groups is 1. The fourth-order valence-corrected chi connectivity index (χ4v) is 6.10. The molecule has 1 aromatic carbocycles. The molecule has 2 atom stereocenters. The van der Waals surface area contributed by atoms with E-state index in [1.807, 2.05) is 31.2 Å². The van der Waals surface area contributed by atoms with E-state index < -0.39 is 15.3 Å². The lowest BCUT2D eigenvalue weighted by Gasteiger charge is -2.37. The van der Waals surface area contributed by atoms with Gasteiger partial charge in [-0.25, -0.2) is 8.42 Å². The zero-order chi connectivity index (χ0) is 20.5. The Bertz CT molecular complexity index is 888. The SMILES string of the molecule is Cc1ccc(C2=NO[C@H](CC3(C(=O)N[C@H]4CCS(=O)(=O)C4)CCOCC3)C2)cc1. The van der Waals surface area contributed by atoms with E-state index in [0.29, 0.717) is 45.3 Å². The Hall–Kier alpha value is -1.93. The second-order valence-corrected chi connectivity index (χ2v) is 10.7. The molecule has 0 spiro atoms. The molecule has 0 radical (unpaired) electrons. The van der Waals surface area contributed by atoms with Crippen molar-refractivity contribution in [2.75, 3.05) is 24.7 Å². The van der Waals surface area contributed by atoms with Gasteiger partial charge in [-0.05, 0) is 31.7 Å². The third-order valence-corrected chi connectivity index (χ3v) is 8.00. The van der Waals surface area contributed by atoms with E-state index in [4.69, 9.17) is 9.57 Å². The van der Waals surface area contributed by atoms with Gasteiger partial charge in [0, 0.05) is 32.1 Å². The summed E-state index contributed by atoms with van der Waals surface area (Å²) >= 11 is 0. The number of oxime groups is 1. The minimum atomic E-state index is -3.04. The highest BCUT2D eigenvalue weighted by Gasteiger charge is 2.45. The Morgan fingerprint density at radius 3 is 2.62 bits per heavy atom. The first kappa shape index (κ1) is 20.3. The lowest BCUT2D eigenvalue weighted by Crippen LogP contribution is -2.50. The highest BCUT2D eigenvalue weighted by atomic mass is 32.2. The van der Waals surface area contributed by atoms with E-state index in [9.17, 15) is 13.2 Å². The number of amides is 1. The summed E-state index contributed by atoms with van der Waals surface area (Å²) in [4.78, 5) is 18.9.